The largest absolute Gasteiger partial charge is 0.497 e. The van der Waals surface area contributed by atoms with Crippen LogP contribution >= 0.6 is 0 Å². The van der Waals surface area contributed by atoms with Gasteiger partial charge < -0.3 is 23.8 Å². The van der Waals surface area contributed by atoms with Crippen LogP contribution in [0, 0.1) is 0 Å². The van der Waals surface area contributed by atoms with E-state index in [2.05, 4.69) is 15.0 Å². The summed E-state index contributed by atoms with van der Waals surface area (Å²) in [4.78, 5) is 62.0. The number of hydrogen-bond donors (Lipinski definition) is 1. The van der Waals surface area contributed by atoms with Gasteiger partial charge in [-0.15, -0.1) is 0 Å². The smallest absolute Gasteiger partial charge is 0.472 e. The number of carbonyl (C=O) groups excluding carboxylic acids is 4. The number of anilines is 4. The number of ether oxygens (including phenoxy) is 3. The number of rotatable bonds is 11. The molecule has 0 radical (unpaired) electrons. The van der Waals surface area contributed by atoms with Gasteiger partial charge in [-0.1, -0.05) is 12.1 Å². The zero-order valence-electron chi connectivity index (χ0n) is 35.9. The fourth-order valence-corrected chi connectivity index (χ4v) is 7.64. The molecule has 0 spiro atoms. The van der Waals surface area contributed by atoms with E-state index in [9.17, 15) is 45.5 Å². The van der Waals surface area contributed by atoms with Gasteiger partial charge in [0.05, 0.1) is 32.7 Å². The highest BCUT2D eigenvalue weighted by Crippen LogP contribution is 2.44. The maximum atomic E-state index is 13.8. The topological polar surface area (TPSA) is 149 Å². The van der Waals surface area contributed by atoms with Gasteiger partial charge in [-0.2, -0.15) is 26.3 Å². The Balaban J connectivity index is 0.000000188. The second kappa shape index (κ2) is 18.3. The molecule has 0 unspecified atom stereocenters. The monoisotopic (exact) mass is 926 g/mol. The van der Waals surface area contributed by atoms with E-state index >= 15 is 0 Å². The van der Waals surface area contributed by atoms with E-state index in [-0.39, 0.29) is 34.3 Å². The Kier molecular flexibility index (Phi) is 12.5. The number of nitrogens with one attached hydrogen (secondary N) is 1. The number of hydrogen-bond acceptors (Lipinski definition) is 9. The first-order chi connectivity index (χ1) is 32.0. The van der Waals surface area contributed by atoms with Gasteiger partial charge in [-0.25, -0.2) is 19.6 Å². The molecule has 2 aliphatic rings. The summed E-state index contributed by atoms with van der Waals surface area (Å²) in [6.07, 6.45) is -0.487. The molecule has 13 nitrogen and oxygen atoms in total. The first-order valence-corrected chi connectivity index (χ1v) is 20.8. The normalized spacial score (nSPS) is 13.7. The Morgan fingerprint density at radius 1 is 0.672 bits per heavy atom. The van der Waals surface area contributed by atoms with Crippen LogP contribution in [-0.2, 0) is 25.6 Å². The summed E-state index contributed by atoms with van der Waals surface area (Å²) in [5.74, 6) is -5.79. The highest BCUT2D eigenvalue weighted by Gasteiger charge is 2.47. The van der Waals surface area contributed by atoms with Gasteiger partial charge in [-0.05, 0) is 127 Å². The zero-order valence-corrected chi connectivity index (χ0v) is 35.9. The third kappa shape index (κ3) is 9.80. The average molecular weight is 927 g/mol. The van der Waals surface area contributed by atoms with Crippen molar-refractivity contribution in [3.05, 3.63) is 138 Å². The molecule has 0 aliphatic heterocycles. The summed E-state index contributed by atoms with van der Waals surface area (Å²) in [5.41, 5.74) is 3.34. The molecular weight excluding hydrogens is 887 g/mol. The highest BCUT2D eigenvalue weighted by atomic mass is 19.4. The SMILES string of the molecule is COC(=O)c1cc(C2CC2)cnc1N(C(=O)C(F)(F)F)c1ccc2[nH]ccc2c1.COC(=O)c1cc(C2CC2)cnc1N(C(=O)C(F)(F)F)c1ccc2c(ccn2Cc2cccc(OC)c2)c1. The molecule has 4 aromatic heterocycles. The second-order valence-electron chi connectivity index (χ2n) is 15.9. The van der Waals surface area contributed by atoms with Crippen LogP contribution < -0.4 is 14.5 Å². The van der Waals surface area contributed by atoms with E-state index in [0.29, 0.717) is 38.4 Å². The van der Waals surface area contributed by atoms with Gasteiger partial charge >= 0.3 is 36.1 Å². The predicted molar refractivity (Wildman–Crippen MR) is 234 cm³/mol. The molecule has 1 N–H and O–H groups in total. The third-order valence-corrected chi connectivity index (χ3v) is 11.3. The van der Waals surface area contributed by atoms with Crippen LogP contribution in [0.1, 0.15) is 74.9 Å². The number of amides is 2. The lowest BCUT2D eigenvalue weighted by Crippen LogP contribution is -2.39. The lowest BCUT2D eigenvalue weighted by atomic mass is 10.1. The minimum absolute atomic E-state index is 0.0590. The van der Waals surface area contributed by atoms with Crippen LogP contribution in [0.2, 0.25) is 0 Å². The Morgan fingerprint density at radius 3 is 1.72 bits per heavy atom. The molecule has 2 amide bonds. The van der Waals surface area contributed by atoms with Gasteiger partial charge in [-0.3, -0.25) is 19.4 Å². The maximum absolute atomic E-state index is 13.8. The summed E-state index contributed by atoms with van der Waals surface area (Å²) in [5, 5.41) is 1.22. The molecule has 0 bridgehead atoms. The van der Waals surface area contributed by atoms with Crippen LogP contribution in [0.25, 0.3) is 21.8 Å². The van der Waals surface area contributed by atoms with Gasteiger partial charge in [0.15, 0.2) is 11.6 Å². The maximum Gasteiger partial charge on any atom is 0.472 e. The fraction of sp³-hybridized carbons (Fsp3) is 0.250. The molecular formula is C48H40F6N6O7. The number of halogens is 6. The highest BCUT2D eigenvalue weighted by molar-refractivity contribution is 6.10. The Labute approximate surface area is 377 Å². The van der Waals surface area contributed by atoms with Crippen molar-refractivity contribution in [1.82, 2.24) is 19.5 Å². The Morgan fingerprint density at radius 2 is 1.21 bits per heavy atom. The molecule has 2 aliphatic carbocycles. The van der Waals surface area contributed by atoms with Crippen molar-refractivity contribution in [2.45, 2.75) is 56.4 Å². The number of nitrogens with zero attached hydrogens (tertiary/aromatic N) is 5. The Hall–Kier alpha value is -7.70. The van der Waals surface area contributed by atoms with Crippen molar-refractivity contribution in [1.29, 1.82) is 0 Å². The van der Waals surface area contributed by atoms with Gasteiger partial charge in [0.25, 0.3) is 0 Å². The molecule has 2 saturated carbocycles. The van der Waals surface area contributed by atoms with Crippen molar-refractivity contribution in [2.75, 3.05) is 31.1 Å². The van der Waals surface area contributed by atoms with E-state index in [1.807, 2.05) is 35.0 Å². The van der Waals surface area contributed by atoms with Crippen molar-refractivity contribution in [3.63, 3.8) is 0 Å². The predicted octanol–water partition coefficient (Wildman–Crippen LogP) is 10.4. The molecule has 4 heterocycles. The van der Waals surface area contributed by atoms with Crippen LogP contribution in [0.4, 0.5) is 49.4 Å². The molecule has 19 heteroatoms. The van der Waals surface area contributed by atoms with Crippen LogP contribution in [0.5, 0.6) is 5.75 Å². The molecule has 346 valence electrons. The molecule has 2 fully saturated rings. The number of alkyl halides is 6. The number of benzene rings is 3. The van der Waals surface area contributed by atoms with E-state index < -0.39 is 47.7 Å². The number of H-pyrrole nitrogens is 1. The summed E-state index contributed by atoms with van der Waals surface area (Å²) in [7, 11) is 3.83. The van der Waals surface area contributed by atoms with Gasteiger partial charge in [0.2, 0.25) is 0 Å². The first kappa shape index (κ1) is 45.9. The zero-order chi connectivity index (χ0) is 47.8. The molecule has 9 rings (SSSR count). The van der Waals surface area contributed by atoms with Crippen molar-refractivity contribution in [3.8, 4) is 5.75 Å². The van der Waals surface area contributed by atoms with Gasteiger partial charge in [0, 0.05) is 53.1 Å². The number of methoxy groups -OCH3 is 3. The van der Waals surface area contributed by atoms with Crippen molar-refractivity contribution < 1.29 is 59.7 Å². The summed E-state index contributed by atoms with van der Waals surface area (Å²) in [6.45, 7) is 0.502. The molecule has 7 aromatic rings. The van der Waals surface area contributed by atoms with E-state index in [1.54, 1.807) is 37.6 Å². The summed E-state index contributed by atoms with van der Waals surface area (Å²) < 4.78 is 98.3. The quantitative estimate of drug-likeness (QED) is 0.0988. The number of aromatic nitrogens is 4. The number of aromatic amines is 1. The van der Waals surface area contributed by atoms with Crippen LogP contribution in [0.3, 0.4) is 0 Å². The number of carbonyl (C=O) groups is 4. The van der Waals surface area contributed by atoms with E-state index in [0.717, 1.165) is 62.1 Å². The van der Waals surface area contributed by atoms with Gasteiger partial charge in [0.1, 0.15) is 16.9 Å². The molecule has 0 saturated heterocycles. The minimum atomic E-state index is -5.21. The lowest BCUT2D eigenvalue weighted by Gasteiger charge is -2.25. The van der Waals surface area contributed by atoms with E-state index in [4.69, 9.17) is 14.2 Å². The first-order valence-electron chi connectivity index (χ1n) is 20.8. The Bertz CT molecular complexity index is 3030. The molecule has 67 heavy (non-hydrogen) atoms. The van der Waals surface area contributed by atoms with Crippen molar-refractivity contribution in [2.24, 2.45) is 0 Å². The third-order valence-electron chi connectivity index (χ3n) is 11.3. The lowest BCUT2D eigenvalue weighted by molar-refractivity contribution is -0.169. The average Bonchev–Trinajstić information content (AvgIpc) is 4.26. The second-order valence-corrected chi connectivity index (χ2v) is 15.9. The van der Waals surface area contributed by atoms with Crippen LogP contribution in [0.15, 0.2) is 110 Å². The van der Waals surface area contributed by atoms with Crippen LogP contribution in [-0.4, -0.2) is 77.0 Å². The summed E-state index contributed by atoms with van der Waals surface area (Å²) in [6, 6.07) is 22.7. The summed E-state index contributed by atoms with van der Waals surface area (Å²) >= 11 is 0. The number of pyridine rings is 2. The number of esters is 2. The van der Waals surface area contributed by atoms with E-state index in [1.165, 1.54) is 48.8 Å². The minimum Gasteiger partial charge on any atom is -0.497 e. The van der Waals surface area contributed by atoms with Crippen molar-refractivity contribution >= 4 is 68.6 Å². The standard InChI is InChI=1S/C28H24F3N3O4.C20H16F3N3O3/c1-37-22-5-3-4-17(12-22)16-33-11-10-19-13-21(8-9-24(19)33)34(27(36)28(29,30)31)25-23(26(35)38-2)14-20(15-32-25)18-6-7-18;1-29-18(27)15-9-13(11-2-3-11)10-25-17(15)26(19(28)20(21,22)23)14-4-5-16-12(8-14)6-7-24-16/h3-5,8-15,18H,6-7,16H2,1-2H3;4-11,24H,2-3H2,1H3. The molecule has 3 aromatic carbocycles. The number of fused-ring (bicyclic) bond motifs is 2. The molecule has 0 atom stereocenters. The fourth-order valence-electron chi connectivity index (χ4n) is 7.64.